The summed E-state index contributed by atoms with van der Waals surface area (Å²) < 4.78 is 0. The van der Waals surface area contributed by atoms with E-state index in [0.29, 0.717) is 0 Å². The van der Waals surface area contributed by atoms with Crippen LogP contribution in [-0.4, -0.2) is 0 Å². The summed E-state index contributed by atoms with van der Waals surface area (Å²) >= 11 is 0. The van der Waals surface area contributed by atoms with E-state index in [0.717, 1.165) is 0 Å². The molecule has 0 bridgehead atoms. The second-order valence-electron chi connectivity index (χ2n) is 8.81. The lowest BCUT2D eigenvalue weighted by Crippen LogP contribution is -1.87. The van der Waals surface area contributed by atoms with Gasteiger partial charge in [-0.05, 0) is 42.0 Å². The van der Waals surface area contributed by atoms with Gasteiger partial charge < -0.3 is 0 Å². The van der Waals surface area contributed by atoms with Gasteiger partial charge in [-0.1, -0.05) is 132 Å². The fraction of sp³-hybridized carbons (Fsp3) is 0.586. The molecule has 0 aliphatic heterocycles. The fourth-order valence-electron chi connectivity index (χ4n) is 4.31. The molecule has 0 aliphatic carbocycles. The van der Waals surface area contributed by atoms with E-state index in [1.807, 2.05) is 6.08 Å². The van der Waals surface area contributed by atoms with Gasteiger partial charge in [-0.2, -0.15) is 0 Å². The van der Waals surface area contributed by atoms with Gasteiger partial charge in [0, 0.05) is 0 Å². The van der Waals surface area contributed by atoms with Crippen LogP contribution >= 0.6 is 0 Å². The zero-order valence-corrected chi connectivity index (χ0v) is 18.8. The minimum atomic E-state index is 1.20. The van der Waals surface area contributed by atoms with Crippen molar-refractivity contribution in [2.75, 3.05) is 0 Å². The van der Waals surface area contributed by atoms with Crippen LogP contribution < -0.4 is 0 Å². The predicted octanol–water partition coefficient (Wildman–Crippen LogP) is 9.81. The van der Waals surface area contributed by atoms with Gasteiger partial charge in [-0.3, -0.25) is 0 Å². The average molecular weight is 393 g/mol. The van der Waals surface area contributed by atoms with Crippen molar-refractivity contribution < 1.29 is 0 Å². The van der Waals surface area contributed by atoms with Crippen LogP contribution in [0.3, 0.4) is 0 Å². The molecule has 0 fully saturated rings. The highest BCUT2D eigenvalue weighted by Gasteiger charge is 1.98. The van der Waals surface area contributed by atoms with Crippen LogP contribution in [0.2, 0.25) is 0 Å². The number of benzene rings is 2. The van der Waals surface area contributed by atoms with Crippen molar-refractivity contribution in [3.8, 4) is 0 Å². The fourth-order valence-corrected chi connectivity index (χ4v) is 4.31. The van der Waals surface area contributed by atoms with Gasteiger partial charge in [-0.25, -0.2) is 0 Å². The quantitative estimate of drug-likeness (QED) is 0.175. The Balaban J connectivity index is 1.33. The Morgan fingerprint density at radius 2 is 1.00 bits per heavy atom. The Bertz CT molecular complexity index is 654. The maximum absolute atomic E-state index is 3.79. The van der Waals surface area contributed by atoms with Crippen LogP contribution in [-0.2, 0) is 6.42 Å². The van der Waals surface area contributed by atoms with Crippen molar-refractivity contribution in [2.45, 2.75) is 109 Å². The maximum Gasteiger partial charge on any atom is -0.0181 e. The van der Waals surface area contributed by atoms with E-state index in [1.54, 1.807) is 0 Å². The van der Waals surface area contributed by atoms with Crippen molar-refractivity contribution in [1.29, 1.82) is 0 Å². The SMILES string of the molecule is C=CCCCCCCCCCCCCCCCCCc1ccc2ccccc2c1. The minimum absolute atomic E-state index is 1.20. The first kappa shape index (κ1) is 23.7. The largest absolute Gasteiger partial charge is 0.103 e. The second kappa shape index (κ2) is 16.3. The first-order valence-electron chi connectivity index (χ1n) is 12.5. The molecule has 0 saturated carbocycles. The molecule has 0 saturated heterocycles. The first-order valence-corrected chi connectivity index (χ1v) is 12.5. The molecule has 2 aromatic carbocycles. The summed E-state index contributed by atoms with van der Waals surface area (Å²) in [4.78, 5) is 0. The van der Waals surface area contributed by atoms with Gasteiger partial charge in [0.2, 0.25) is 0 Å². The lowest BCUT2D eigenvalue weighted by molar-refractivity contribution is 0.531. The molecule has 0 spiro atoms. The van der Waals surface area contributed by atoms with Crippen LogP contribution in [0.15, 0.2) is 55.1 Å². The van der Waals surface area contributed by atoms with E-state index in [-0.39, 0.29) is 0 Å². The molecule has 0 heterocycles. The average Bonchev–Trinajstić information content (AvgIpc) is 2.76. The molecule has 0 radical (unpaired) electrons. The molecule has 0 aliphatic rings. The summed E-state index contributed by atoms with van der Waals surface area (Å²) in [6.07, 6.45) is 25.8. The Labute approximate surface area is 180 Å². The van der Waals surface area contributed by atoms with E-state index in [4.69, 9.17) is 0 Å². The molecule has 0 unspecified atom stereocenters. The van der Waals surface area contributed by atoms with Gasteiger partial charge in [-0.15, -0.1) is 6.58 Å². The minimum Gasteiger partial charge on any atom is -0.103 e. The number of hydrogen-bond donors (Lipinski definition) is 0. The Morgan fingerprint density at radius 3 is 1.55 bits per heavy atom. The van der Waals surface area contributed by atoms with E-state index in [9.17, 15) is 0 Å². The van der Waals surface area contributed by atoms with Crippen LogP contribution in [0.1, 0.15) is 108 Å². The summed E-state index contributed by atoms with van der Waals surface area (Å²) in [5.41, 5.74) is 1.50. The molecule has 0 atom stereocenters. The summed E-state index contributed by atoms with van der Waals surface area (Å²) in [5, 5.41) is 2.74. The summed E-state index contributed by atoms with van der Waals surface area (Å²) in [6, 6.07) is 15.6. The zero-order chi connectivity index (χ0) is 20.4. The van der Waals surface area contributed by atoms with Crippen molar-refractivity contribution >= 4 is 10.8 Å². The first-order chi connectivity index (χ1) is 14.4. The van der Waals surface area contributed by atoms with Crippen molar-refractivity contribution in [2.24, 2.45) is 0 Å². The standard InChI is InChI=1S/C29H44/c1-2-3-4-5-6-7-8-9-10-11-12-13-14-15-16-17-18-21-27-24-25-28-22-19-20-23-29(28)26-27/h2,19-20,22-26H,1,3-18,21H2. The monoisotopic (exact) mass is 392 g/mol. The van der Waals surface area contributed by atoms with Crippen LogP contribution in [0.5, 0.6) is 0 Å². The summed E-state index contributed by atoms with van der Waals surface area (Å²) in [7, 11) is 0. The highest BCUT2D eigenvalue weighted by atomic mass is 14.0. The third-order valence-electron chi connectivity index (χ3n) is 6.19. The number of unbranched alkanes of at least 4 members (excludes halogenated alkanes) is 15. The molecule has 0 N–H and O–H groups in total. The van der Waals surface area contributed by atoms with Crippen LogP contribution in [0.25, 0.3) is 10.8 Å². The lowest BCUT2D eigenvalue weighted by atomic mass is 10.0. The van der Waals surface area contributed by atoms with Gasteiger partial charge in [0.05, 0.1) is 0 Å². The number of fused-ring (bicyclic) bond motifs is 1. The molecule has 2 rings (SSSR count). The second-order valence-corrected chi connectivity index (χ2v) is 8.81. The van der Waals surface area contributed by atoms with Crippen molar-refractivity contribution in [3.63, 3.8) is 0 Å². The number of rotatable bonds is 18. The molecule has 0 heteroatoms. The van der Waals surface area contributed by atoms with E-state index in [2.05, 4.69) is 49.0 Å². The highest BCUT2D eigenvalue weighted by molar-refractivity contribution is 5.82. The summed E-state index contributed by atoms with van der Waals surface area (Å²) in [6.45, 7) is 3.79. The van der Waals surface area contributed by atoms with E-state index in [1.165, 1.54) is 125 Å². The molecular formula is C29H44. The third-order valence-corrected chi connectivity index (χ3v) is 6.19. The van der Waals surface area contributed by atoms with Gasteiger partial charge in [0.1, 0.15) is 0 Å². The lowest BCUT2D eigenvalue weighted by Gasteiger charge is -2.05. The number of hydrogen-bond acceptors (Lipinski definition) is 0. The van der Waals surface area contributed by atoms with E-state index < -0.39 is 0 Å². The van der Waals surface area contributed by atoms with Gasteiger partial charge in [0.25, 0.3) is 0 Å². The highest BCUT2D eigenvalue weighted by Crippen LogP contribution is 2.18. The number of aryl methyl sites for hydroxylation is 1. The Morgan fingerprint density at radius 1 is 0.517 bits per heavy atom. The van der Waals surface area contributed by atoms with Crippen LogP contribution in [0, 0.1) is 0 Å². The topological polar surface area (TPSA) is 0 Å². The maximum atomic E-state index is 3.79. The normalized spacial score (nSPS) is 11.2. The predicted molar refractivity (Wildman–Crippen MR) is 132 cm³/mol. The molecule has 160 valence electrons. The molecule has 29 heavy (non-hydrogen) atoms. The molecule has 0 nitrogen and oxygen atoms in total. The number of allylic oxidation sites excluding steroid dienone is 1. The molecule has 0 amide bonds. The third kappa shape index (κ3) is 11.3. The summed E-state index contributed by atoms with van der Waals surface area (Å²) in [5.74, 6) is 0. The zero-order valence-electron chi connectivity index (χ0n) is 18.8. The van der Waals surface area contributed by atoms with Crippen LogP contribution in [0.4, 0.5) is 0 Å². The van der Waals surface area contributed by atoms with Crippen molar-refractivity contribution in [1.82, 2.24) is 0 Å². The Hall–Kier alpha value is -1.56. The molecular weight excluding hydrogens is 348 g/mol. The van der Waals surface area contributed by atoms with Crippen molar-refractivity contribution in [3.05, 3.63) is 60.7 Å². The van der Waals surface area contributed by atoms with Gasteiger partial charge in [0.15, 0.2) is 0 Å². The Kier molecular flexibility index (Phi) is 13.3. The molecule has 0 aromatic heterocycles. The smallest absolute Gasteiger partial charge is 0.0181 e. The molecule has 2 aromatic rings. The van der Waals surface area contributed by atoms with Gasteiger partial charge >= 0.3 is 0 Å². The van der Waals surface area contributed by atoms with E-state index >= 15 is 0 Å².